The molecule has 2 heterocycles. The molecular formula is C18H20ClFN2O3. The lowest BCUT2D eigenvalue weighted by Crippen LogP contribution is -2.35. The average Bonchev–Trinajstić information content (AvgIpc) is 3.22. The number of hydrogen-bond acceptors (Lipinski definition) is 4. The Kier molecular flexibility index (Phi) is 4.84. The fourth-order valence-corrected chi connectivity index (χ4v) is 4.23. The number of aromatic nitrogens is 1. The molecule has 0 unspecified atom stereocenters. The second-order valence-corrected chi connectivity index (χ2v) is 6.91. The Morgan fingerprint density at radius 3 is 2.84 bits per heavy atom. The van der Waals surface area contributed by atoms with Crippen molar-refractivity contribution < 1.29 is 18.8 Å². The molecule has 1 aliphatic heterocycles. The smallest absolute Gasteiger partial charge is 0.311 e. The molecule has 5 nitrogen and oxygen atoms in total. The van der Waals surface area contributed by atoms with Gasteiger partial charge in [0.05, 0.1) is 12.0 Å². The lowest BCUT2D eigenvalue weighted by atomic mass is 9.81. The van der Waals surface area contributed by atoms with E-state index in [1.807, 2.05) is 6.07 Å². The summed E-state index contributed by atoms with van der Waals surface area (Å²) in [6.07, 6.45) is 2.75. The number of nitrogens with zero attached hydrogens (tertiary/aromatic N) is 2. The summed E-state index contributed by atoms with van der Waals surface area (Å²) >= 11 is 0. The van der Waals surface area contributed by atoms with E-state index in [0.29, 0.717) is 24.5 Å². The van der Waals surface area contributed by atoms with Gasteiger partial charge in [0.1, 0.15) is 11.5 Å². The Morgan fingerprint density at radius 2 is 2.16 bits per heavy atom. The highest BCUT2D eigenvalue weighted by molar-refractivity contribution is 5.85. The fraction of sp³-hybridized carbons (Fsp3) is 0.444. The first-order chi connectivity index (χ1) is 11.6. The summed E-state index contributed by atoms with van der Waals surface area (Å²) in [4.78, 5) is 13.9. The van der Waals surface area contributed by atoms with Crippen LogP contribution in [0.5, 0.6) is 0 Å². The van der Waals surface area contributed by atoms with Gasteiger partial charge in [-0.3, -0.25) is 9.69 Å². The van der Waals surface area contributed by atoms with Crippen molar-refractivity contribution in [1.82, 2.24) is 10.1 Å². The van der Waals surface area contributed by atoms with Crippen molar-refractivity contribution in [2.45, 2.75) is 25.8 Å². The van der Waals surface area contributed by atoms with Crippen molar-refractivity contribution in [1.29, 1.82) is 0 Å². The zero-order valence-electron chi connectivity index (χ0n) is 13.7. The molecule has 0 spiro atoms. The third-order valence-electron chi connectivity index (χ3n) is 5.45. The van der Waals surface area contributed by atoms with Crippen molar-refractivity contribution >= 4 is 18.4 Å². The molecule has 1 aromatic heterocycles. The van der Waals surface area contributed by atoms with E-state index in [9.17, 15) is 14.3 Å². The highest BCUT2D eigenvalue weighted by atomic mass is 35.5. The van der Waals surface area contributed by atoms with Crippen LogP contribution in [-0.2, 0) is 11.3 Å². The van der Waals surface area contributed by atoms with Crippen LogP contribution < -0.4 is 0 Å². The van der Waals surface area contributed by atoms with Crippen LogP contribution >= 0.6 is 12.4 Å². The summed E-state index contributed by atoms with van der Waals surface area (Å²) in [6, 6.07) is 7.95. The third kappa shape index (κ3) is 3.16. The Bertz CT molecular complexity index is 764. The number of fused-ring (bicyclic) bond motifs is 1. The molecule has 7 heteroatoms. The molecule has 1 aromatic carbocycles. The standard InChI is InChI=1S/C18H19FN2O3.ClH/c19-14-5-3-12(4-6-14)16-8-15(24-20-16)10-21-9-13-2-1-7-18(13,11-21)17(22)23;/h3-6,8,13H,1-2,7,9-11H2,(H,22,23);1H/t13-,18+;/m0./s1. The summed E-state index contributed by atoms with van der Waals surface area (Å²) in [7, 11) is 0. The van der Waals surface area contributed by atoms with Crippen molar-refractivity contribution in [3.63, 3.8) is 0 Å². The summed E-state index contributed by atoms with van der Waals surface area (Å²) in [6.45, 7) is 1.91. The van der Waals surface area contributed by atoms with Gasteiger partial charge < -0.3 is 9.63 Å². The highest BCUT2D eigenvalue weighted by Crippen LogP contribution is 2.49. The molecule has 134 valence electrons. The third-order valence-corrected chi connectivity index (χ3v) is 5.45. The maximum Gasteiger partial charge on any atom is 0.311 e. The number of carbonyl (C=O) groups is 1. The van der Waals surface area contributed by atoms with Gasteiger partial charge >= 0.3 is 5.97 Å². The SMILES string of the molecule is Cl.O=C(O)[C@@]12CCC[C@H]1CN(Cc1cc(-c3ccc(F)cc3)no1)C2. The Morgan fingerprint density at radius 1 is 1.40 bits per heavy atom. The molecule has 2 atom stereocenters. The lowest BCUT2D eigenvalue weighted by molar-refractivity contribution is -0.149. The zero-order valence-corrected chi connectivity index (χ0v) is 14.5. The first-order valence-corrected chi connectivity index (χ1v) is 8.24. The van der Waals surface area contributed by atoms with Gasteiger partial charge in [-0.25, -0.2) is 4.39 Å². The minimum Gasteiger partial charge on any atom is -0.481 e. The minimum atomic E-state index is -0.669. The monoisotopic (exact) mass is 366 g/mol. The number of likely N-dealkylation sites (tertiary alicyclic amines) is 1. The van der Waals surface area contributed by atoms with Gasteiger partial charge in [-0.05, 0) is 43.0 Å². The first-order valence-electron chi connectivity index (χ1n) is 8.24. The Labute approximate surface area is 151 Å². The number of halogens is 2. The molecular weight excluding hydrogens is 347 g/mol. The van der Waals surface area contributed by atoms with Gasteiger partial charge in [-0.1, -0.05) is 11.6 Å². The van der Waals surface area contributed by atoms with E-state index < -0.39 is 11.4 Å². The number of carboxylic acid groups (broad SMARTS) is 1. The largest absolute Gasteiger partial charge is 0.481 e. The van der Waals surface area contributed by atoms with Gasteiger partial charge in [0.2, 0.25) is 0 Å². The molecule has 1 saturated carbocycles. The van der Waals surface area contributed by atoms with Crippen LogP contribution in [0.4, 0.5) is 4.39 Å². The summed E-state index contributed by atoms with van der Waals surface area (Å²) in [5.74, 6) is -0.0218. The predicted octanol–water partition coefficient (Wildman–Crippen LogP) is 3.59. The number of hydrogen-bond donors (Lipinski definition) is 1. The van der Waals surface area contributed by atoms with Crippen LogP contribution in [0.1, 0.15) is 25.0 Å². The molecule has 0 bridgehead atoms. The highest BCUT2D eigenvalue weighted by Gasteiger charge is 2.54. The van der Waals surface area contributed by atoms with Crippen LogP contribution in [0, 0.1) is 17.2 Å². The van der Waals surface area contributed by atoms with Gasteiger partial charge in [0, 0.05) is 24.7 Å². The number of rotatable bonds is 4. The molecule has 0 radical (unpaired) electrons. The quantitative estimate of drug-likeness (QED) is 0.895. The average molecular weight is 367 g/mol. The van der Waals surface area contributed by atoms with Crippen LogP contribution in [0.15, 0.2) is 34.9 Å². The van der Waals surface area contributed by atoms with E-state index in [1.54, 1.807) is 12.1 Å². The Balaban J connectivity index is 0.00000182. The summed E-state index contributed by atoms with van der Waals surface area (Å²) < 4.78 is 18.4. The van der Waals surface area contributed by atoms with Gasteiger partial charge in [0.15, 0.2) is 5.76 Å². The Hall–Kier alpha value is -1.92. The molecule has 0 amide bonds. The predicted molar refractivity (Wildman–Crippen MR) is 91.8 cm³/mol. The lowest BCUT2D eigenvalue weighted by Gasteiger charge is -2.23. The van der Waals surface area contributed by atoms with Crippen molar-refractivity contribution in [3.05, 3.63) is 41.9 Å². The maximum absolute atomic E-state index is 13.0. The molecule has 2 aliphatic rings. The van der Waals surface area contributed by atoms with E-state index in [1.165, 1.54) is 12.1 Å². The number of aliphatic carboxylic acids is 1. The van der Waals surface area contributed by atoms with Crippen LogP contribution in [0.3, 0.4) is 0 Å². The minimum absolute atomic E-state index is 0. The molecule has 2 fully saturated rings. The molecule has 2 aromatic rings. The molecule has 1 saturated heterocycles. The fourth-order valence-electron chi connectivity index (χ4n) is 4.23. The van der Waals surface area contributed by atoms with Crippen LogP contribution in [0.25, 0.3) is 11.3 Å². The first kappa shape index (κ1) is 17.9. The van der Waals surface area contributed by atoms with Crippen molar-refractivity contribution in [2.24, 2.45) is 11.3 Å². The van der Waals surface area contributed by atoms with E-state index in [4.69, 9.17) is 4.52 Å². The van der Waals surface area contributed by atoms with Crippen LogP contribution in [-0.4, -0.2) is 34.2 Å². The molecule has 1 N–H and O–H groups in total. The van der Waals surface area contributed by atoms with Gasteiger partial charge in [-0.2, -0.15) is 0 Å². The summed E-state index contributed by atoms with van der Waals surface area (Å²) in [5, 5.41) is 13.7. The molecule has 4 rings (SSSR count). The van der Waals surface area contributed by atoms with Gasteiger partial charge in [0.25, 0.3) is 0 Å². The topological polar surface area (TPSA) is 66.6 Å². The van der Waals surface area contributed by atoms with Crippen molar-refractivity contribution in [3.8, 4) is 11.3 Å². The van der Waals surface area contributed by atoms with Crippen molar-refractivity contribution in [2.75, 3.05) is 13.1 Å². The zero-order chi connectivity index (χ0) is 16.7. The van der Waals surface area contributed by atoms with E-state index >= 15 is 0 Å². The number of benzene rings is 1. The normalized spacial score (nSPS) is 25.6. The van der Waals surface area contributed by atoms with Gasteiger partial charge in [-0.15, -0.1) is 12.4 Å². The van der Waals surface area contributed by atoms with E-state index in [-0.39, 0.29) is 24.1 Å². The molecule has 1 aliphatic carbocycles. The molecule has 25 heavy (non-hydrogen) atoms. The van der Waals surface area contributed by atoms with E-state index in [2.05, 4.69) is 10.1 Å². The van der Waals surface area contributed by atoms with Crippen LogP contribution in [0.2, 0.25) is 0 Å². The summed E-state index contributed by atoms with van der Waals surface area (Å²) in [5.41, 5.74) is 0.879. The second kappa shape index (κ2) is 6.77. The maximum atomic E-state index is 13.0. The number of carboxylic acids is 1. The van der Waals surface area contributed by atoms with E-state index in [0.717, 1.165) is 31.4 Å². The second-order valence-electron chi connectivity index (χ2n) is 6.91.